The Bertz CT molecular complexity index is 404. The maximum atomic E-state index is 12.4. The zero-order valence-corrected chi connectivity index (χ0v) is 9.95. The zero-order valence-electron chi connectivity index (χ0n) is 8.36. The Morgan fingerprint density at radius 2 is 2.06 bits per heavy atom. The van der Waals surface area contributed by atoms with Crippen LogP contribution < -0.4 is 5.32 Å². The van der Waals surface area contributed by atoms with Crippen LogP contribution in [0.15, 0.2) is 18.2 Å². The standard InChI is InChI=1S/C10H9BrF3NO/c1-6-2-3-7(10(12,13)14)4-8(6)15-9(16)5-11/h2-4H,5H2,1H3,(H,15,16). The zero-order chi connectivity index (χ0) is 12.3. The van der Waals surface area contributed by atoms with Gasteiger partial charge in [-0.2, -0.15) is 13.2 Å². The number of anilines is 1. The predicted molar refractivity (Wildman–Crippen MR) is 58.6 cm³/mol. The van der Waals surface area contributed by atoms with Crippen LogP contribution in [-0.4, -0.2) is 11.2 Å². The fourth-order valence-corrected chi connectivity index (χ4v) is 1.26. The average Bonchev–Trinajstić information content (AvgIpc) is 2.19. The van der Waals surface area contributed by atoms with Crippen molar-refractivity contribution in [1.82, 2.24) is 0 Å². The number of benzene rings is 1. The van der Waals surface area contributed by atoms with Crippen LogP contribution in [0.5, 0.6) is 0 Å². The van der Waals surface area contributed by atoms with Gasteiger partial charge in [0.1, 0.15) is 0 Å². The van der Waals surface area contributed by atoms with Crippen molar-refractivity contribution in [1.29, 1.82) is 0 Å². The number of amides is 1. The number of carbonyl (C=O) groups excluding carboxylic acids is 1. The van der Waals surface area contributed by atoms with E-state index in [2.05, 4.69) is 21.2 Å². The summed E-state index contributed by atoms with van der Waals surface area (Å²) in [7, 11) is 0. The molecule has 0 unspecified atom stereocenters. The molecule has 0 fully saturated rings. The Kier molecular flexibility index (Phi) is 3.96. The summed E-state index contributed by atoms with van der Waals surface area (Å²) >= 11 is 2.92. The normalized spacial score (nSPS) is 11.3. The molecule has 1 aromatic rings. The van der Waals surface area contributed by atoms with E-state index in [-0.39, 0.29) is 16.9 Å². The SMILES string of the molecule is Cc1ccc(C(F)(F)F)cc1NC(=O)CBr. The number of rotatable bonds is 2. The van der Waals surface area contributed by atoms with Crippen LogP contribution in [0.3, 0.4) is 0 Å². The van der Waals surface area contributed by atoms with Gasteiger partial charge in [0.25, 0.3) is 0 Å². The first-order chi connectivity index (χ1) is 7.34. The van der Waals surface area contributed by atoms with Gasteiger partial charge < -0.3 is 5.32 Å². The van der Waals surface area contributed by atoms with Crippen molar-refractivity contribution in [2.24, 2.45) is 0 Å². The molecule has 0 aliphatic carbocycles. The molecule has 6 heteroatoms. The van der Waals surface area contributed by atoms with Gasteiger partial charge in [0.2, 0.25) is 5.91 Å². The molecule has 1 rings (SSSR count). The Balaban J connectivity index is 3.04. The highest BCUT2D eigenvalue weighted by Crippen LogP contribution is 2.31. The number of hydrogen-bond donors (Lipinski definition) is 1. The molecule has 1 N–H and O–H groups in total. The van der Waals surface area contributed by atoms with Crippen molar-refractivity contribution >= 4 is 27.5 Å². The van der Waals surface area contributed by atoms with E-state index in [4.69, 9.17) is 0 Å². The summed E-state index contributed by atoms with van der Waals surface area (Å²) in [5, 5.41) is 2.43. The lowest BCUT2D eigenvalue weighted by Crippen LogP contribution is -2.14. The number of aryl methyl sites for hydroxylation is 1. The smallest absolute Gasteiger partial charge is 0.325 e. The summed E-state index contributed by atoms with van der Waals surface area (Å²) < 4.78 is 37.2. The molecule has 88 valence electrons. The summed E-state index contributed by atoms with van der Waals surface area (Å²) in [6, 6.07) is 3.24. The summed E-state index contributed by atoms with van der Waals surface area (Å²) in [5.41, 5.74) is -0.00968. The van der Waals surface area contributed by atoms with Crippen LogP contribution in [0.25, 0.3) is 0 Å². The maximum absolute atomic E-state index is 12.4. The fourth-order valence-electron chi connectivity index (χ4n) is 1.12. The van der Waals surface area contributed by atoms with Crippen molar-refractivity contribution in [2.75, 3.05) is 10.6 Å². The lowest BCUT2D eigenvalue weighted by Gasteiger charge is -2.11. The minimum atomic E-state index is -4.40. The lowest BCUT2D eigenvalue weighted by atomic mass is 10.1. The van der Waals surface area contributed by atoms with Crippen molar-refractivity contribution in [3.05, 3.63) is 29.3 Å². The largest absolute Gasteiger partial charge is 0.416 e. The van der Waals surface area contributed by atoms with E-state index in [9.17, 15) is 18.0 Å². The van der Waals surface area contributed by atoms with Crippen molar-refractivity contribution in [3.8, 4) is 0 Å². The van der Waals surface area contributed by atoms with Gasteiger partial charge in [-0.15, -0.1) is 0 Å². The first-order valence-electron chi connectivity index (χ1n) is 4.38. The van der Waals surface area contributed by atoms with Crippen LogP contribution >= 0.6 is 15.9 Å². The molecule has 2 nitrogen and oxygen atoms in total. The molecule has 0 aromatic heterocycles. The van der Waals surface area contributed by atoms with Gasteiger partial charge in [-0.1, -0.05) is 22.0 Å². The van der Waals surface area contributed by atoms with Crippen molar-refractivity contribution in [2.45, 2.75) is 13.1 Å². The summed E-state index contributed by atoms with van der Waals surface area (Å²) in [6.45, 7) is 1.63. The third-order valence-corrected chi connectivity index (χ3v) is 2.47. The fraction of sp³-hybridized carbons (Fsp3) is 0.300. The van der Waals surface area contributed by atoms with E-state index < -0.39 is 11.7 Å². The number of hydrogen-bond acceptors (Lipinski definition) is 1. The highest BCUT2D eigenvalue weighted by Gasteiger charge is 2.30. The van der Waals surface area contributed by atoms with Crippen molar-refractivity contribution in [3.63, 3.8) is 0 Å². The Labute approximate surface area is 99.0 Å². The minimum absolute atomic E-state index is 0.0443. The average molecular weight is 296 g/mol. The Morgan fingerprint density at radius 1 is 1.44 bits per heavy atom. The highest BCUT2D eigenvalue weighted by molar-refractivity contribution is 9.09. The second-order valence-corrected chi connectivity index (χ2v) is 3.77. The molecule has 1 aromatic carbocycles. The van der Waals surface area contributed by atoms with E-state index >= 15 is 0 Å². The van der Waals surface area contributed by atoms with Gasteiger partial charge in [0.15, 0.2) is 0 Å². The second kappa shape index (κ2) is 4.86. The van der Waals surface area contributed by atoms with Gasteiger partial charge >= 0.3 is 6.18 Å². The molecule has 16 heavy (non-hydrogen) atoms. The second-order valence-electron chi connectivity index (χ2n) is 3.21. The number of alkyl halides is 4. The Morgan fingerprint density at radius 3 is 2.56 bits per heavy atom. The van der Waals surface area contributed by atoms with Crippen LogP contribution in [0, 0.1) is 6.92 Å². The van der Waals surface area contributed by atoms with E-state index in [1.807, 2.05) is 0 Å². The van der Waals surface area contributed by atoms with Gasteiger partial charge in [-0.05, 0) is 24.6 Å². The molecule has 0 radical (unpaired) electrons. The van der Waals surface area contributed by atoms with E-state index in [0.29, 0.717) is 5.56 Å². The summed E-state index contributed by atoms with van der Waals surface area (Å²) in [6.07, 6.45) is -4.40. The molecular weight excluding hydrogens is 287 g/mol. The lowest BCUT2D eigenvalue weighted by molar-refractivity contribution is -0.137. The minimum Gasteiger partial charge on any atom is -0.325 e. The molecule has 0 aliphatic rings. The van der Waals surface area contributed by atoms with Gasteiger partial charge in [-0.25, -0.2) is 0 Å². The third-order valence-electron chi connectivity index (χ3n) is 1.96. The first kappa shape index (κ1) is 13.0. The van der Waals surface area contributed by atoms with Gasteiger partial charge in [0.05, 0.1) is 10.9 Å². The number of halogens is 4. The van der Waals surface area contributed by atoms with Crippen LogP contribution in [0.2, 0.25) is 0 Å². The van der Waals surface area contributed by atoms with E-state index in [1.54, 1.807) is 6.92 Å². The molecule has 1 amide bonds. The maximum Gasteiger partial charge on any atom is 0.416 e. The first-order valence-corrected chi connectivity index (χ1v) is 5.50. The van der Waals surface area contributed by atoms with Crippen LogP contribution in [0.1, 0.15) is 11.1 Å². The molecule has 0 aliphatic heterocycles. The number of carbonyl (C=O) groups is 1. The van der Waals surface area contributed by atoms with Gasteiger partial charge in [-0.3, -0.25) is 4.79 Å². The molecule has 0 saturated carbocycles. The quantitative estimate of drug-likeness (QED) is 0.833. The molecular formula is C10H9BrF3NO. The van der Waals surface area contributed by atoms with E-state index in [1.165, 1.54) is 6.07 Å². The molecule has 0 saturated heterocycles. The van der Waals surface area contributed by atoms with Crippen molar-refractivity contribution < 1.29 is 18.0 Å². The Hall–Kier alpha value is -1.04. The third kappa shape index (κ3) is 3.23. The summed E-state index contributed by atoms with van der Waals surface area (Å²) in [4.78, 5) is 11.1. The molecule has 0 bridgehead atoms. The van der Waals surface area contributed by atoms with Gasteiger partial charge in [0, 0.05) is 5.69 Å². The molecule has 0 spiro atoms. The van der Waals surface area contributed by atoms with Crippen LogP contribution in [-0.2, 0) is 11.0 Å². The highest BCUT2D eigenvalue weighted by atomic mass is 79.9. The topological polar surface area (TPSA) is 29.1 Å². The predicted octanol–water partition coefficient (Wildman–Crippen LogP) is 3.35. The monoisotopic (exact) mass is 295 g/mol. The van der Waals surface area contributed by atoms with E-state index in [0.717, 1.165) is 12.1 Å². The molecule has 0 heterocycles. The number of nitrogens with one attached hydrogen (secondary N) is 1. The molecule has 0 atom stereocenters. The summed E-state index contributed by atoms with van der Waals surface area (Å²) in [5.74, 6) is -0.387. The van der Waals surface area contributed by atoms with Crippen LogP contribution in [0.4, 0.5) is 18.9 Å².